The zero-order valence-corrected chi connectivity index (χ0v) is 18.8. The van der Waals surface area contributed by atoms with Crippen molar-refractivity contribution in [3.05, 3.63) is 82.8 Å². The number of carbonyl (C=O) groups excluding carboxylic acids is 1. The van der Waals surface area contributed by atoms with Gasteiger partial charge in [0.15, 0.2) is 0 Å². The molecule has 4 aromatic rings. The van der Waals surface area contributed by atoms with E-state index in [1.807, 2.05) is 0 Å². The van der Waals surface area contributed by atoms with E-state index >= 15 is 8.78 Å². The molecule has 0 aliphatic carbocycles. The third kappa shape index (κ3) is 3.74. The number of fused-ring (bicyclic) bond motifs is 2. The molecule has 0 saturated carbocycles. The minimum absolute atomic E-state index is 0.0925. The predicted molar refractivity (Wildman–Crippen MR) is 119 cm³/mol. The highest BCUT2D eigenvalue weighted by atomic mass is 19.3. The summed E-state index contributed by atoms with van der Waals surface area (Å²) < 4.78 is 58.6. The Morgan fingerprint density at radius 2 is 1.86 bits per heavy atom. The second-order valence-electron chi connectivity index (χ2n) is 8.75. The van der Waals surface area contributed by atoms with Crippen LogP contribution in [0.25, 0.3) is 22.0 Å². The highest BCUT2D eigenvalue weighted by Crippen LogP contribution is 2.38. The summed E-state index contributed by atoms with van der Waals surface area (Å²) in [6, 6.07) is 8.23. The number of aliphatic hydroxyl groups is 1. The number of halogens is 4. The maximum atomic E-state index is 15.1. The SMILES string of the molecule is Cn1cc2c(-c3cc(F)c(CN4Cc5ncccc5C4=O)c(F)c3)ccc(C(C)(O)C(F)F)c2n1. The molecule has 1 unspecified atom stereocenters. The quantitative estimate of drug-likeness (QED) is 0.422. The largest absolute Gasteiger partial charge is 0.379 e. The molecule has 5 rings (SSSR count). The van der Waals surface area contributed by atoms with Gasteiger partial charge in [0.2, 0.25) is 0 Å². The van der Waals surface area contributed by atoms with E-state index in [4.69, 9.17) is 0 Å². The average Bonchev–Trinajstić information content (AvgIpc) is 3.34. The summed E-state index contributed by atoms with van der Waals surface area (Å²) in [4.78, 5) is 18.0. The molecule has 0 fully saturated rings. The Hall–Kier alpha value is -3.79. The highest BCUT2D eigenvalue weighted by Gasteiger charge is 2.37. The van der Waals surface area contributed by atoms with Crippen molar-refractivity contribution < 1.29 is 27.5 Å². The maximum Gasteiger partial charge on any atom is 0.270 e. The van der Waals surface area contributed by atoms with E-state index < -0.39 is 23.7 Å². The lowest BCUT2D eigenvalue weighted by Gasteiger charge is -2.23. The molecule has 2 aromatic carbocycles. The number of pyridine rings is 1. The van der Waals surface area contributed by atoms with Crippen molar-refractivity contribution in [1.82, 2.24) is 19.7 Å². The minimum atomic E-state index is -3.07. The first-order valence-electron chi connectivity index (χ1n) is 10.8. The Labute approximate surface area is 197 Å². The monoisotopic (exact) mass is 484 g/mol. The topological polar surface area (TPSA) is 71.2 Å². The zero-order valence-electron chi connectivity index (χ0n) is 18.8. The average molecular weight is 484 g/mol. The summed E-state index contributed by atoms with van der Waals surface area (Å²) in [6.45, 7) is 0.867. The van der Waals surface area contributed by atoms with Crippen molar-refractivity contribution in [3.8, 4) is 11.1 Å². The lowest BCUT2D eigenvalue weighted by molar-refractivity contribution is -0.0874. The summed E-state index contributed by atoms with van der Waals surface area (Å²) in [5, 5.41) is 14.9. The van der Waals surface area contributed by atoms with Crippen LogP contribution in [0, 0.1) is 11.6 Å². The summed E-state index contributed by atoms with van der Waals surface area (Å²) in [5.74, 6) is -2.05. The van der Waals surface area contributed by atoms with Gasteiger partial charge in [-0.3, -0.25) is 14.5 Å². The Morgan fingerprint density at radius 3 is 2.51 bits per heavy atom. The number of hydrogen-bond donors (Lipinski definition) is 1. The van der Waals surface area contributed by atoms with Crippen LogP contribution in [0.2, 0.25) is 0 Å². The van der Waals surface area contributed by atoms with Crippen molar-refractivity contribution in [2.24, 2.45) is 7.05 Å². The molecule has 3 heterocycles. The molecule has 1 N–H and O–H groups in total. The van der Waals surface area contributed by atoms with Gasteiger partial charge in [0, 0.05) is 36.0 Å². The molecule has 10 heteroatoms. The van der Waals surface area contributed by atoms with Crippen molar-refractivity contribution in [2.45, 2.75) is 32.0 Å². The molecule has 2 aromatic heterocycles. The standard InChI is InChI=1S/C25H20F4N4O2/c1-25(35,24(28)29)18-6-5-14(16-10-32(2)31-22(16)18)13-8-19(26)17(20(27)9-13)11-33-12-21-15(23(33)34)4-3-7-30-21/h3-10,24,35H,11-12H2,1-2H3. The molecule has 1 aliphatic heterocycles. The first-order chi connectivity index (χ1) is 16.6. The lowest BCUT2D eigenvalue weighted by atomic mass is 9.90. The van der Waals surface area contributed by atoms with Gasteiger partial charge >= 0.3 is 0 Å². The Morgan fingerprint density at radius 1 is 1.14 bits per heavy atom. The van der Waals surface area contributed by atoms with Gasteiger partial charge in [0.1, 0.15) is 17.2 Å². The second kappa shape index (κ2) is 8.16. The summed E-state index contributed by atoms with van der Waals surface area (Å²) in [5.41, 5.74) is -1.23. The molecule has 0 bridgehead atoms. The van der Waals surface area contributed by atoms with Gasteiger partial charge in [0.05, 0.1) is 29.9 Å². The molecule has 0 spiro atoms. The molecule has 0 saturated heterocycles. The molecule has 0 radical (unpaired) electrons. The van der Waals surface area contributed by atoms with Gasteiger partial charge in [-0.25, -0.2) is 17.6 Å². The number of amides is 1. The third-order valence-electron chi connectivity index (χ3n) is 6.31. The number of aromatic nitrogens is 3. The molecular weight excluding hydrogens is 464 g/mol. The third-order valence-corrected chi connectivity index (χ3v) is 6.31. The van der Waals surface area contributed by atoms with E-state index in [0.29, 0.717) is 22.2 Å². The van der Waals surface area contributed by atoms with E-state index in [1.165, 1.54) is 27.9 Å². The van der Waals surface area contributed by atoms with E-state index in [0.717, 1.165) is 19.1 Å². The molecule has 6 nitrogen and oxygen atoms in total. The van der Waals surface area contributed by atoms with Crippen LogP contribution >= 0.6 is 0 Å². The predicted octanol–water partition coefficient (Wildman–Crippen LogP) is 4.54. The fraction of sp³-hybridized carbons (Fsp3) is 0.240. The summed E-state index contributed by atoms with van der Waals surface area (Å²) in [6.07, 6.45) is 0.0193. The van der Waals surface area contributed by atoms with Crippen LogP contribution in [0.3, 0.4) is 0 Å². The number of carbonyl (C=O) groups is 1. The second-order valence-corrected chi connectivity index (χ2v) is 8.75. The van der Waals surface area contributed by atoms with Gasteiger partial charge < -0.3 is 10.0 Å². The molecule has 1 aliphatic rings. The van der Waals surface area contributed by atoms with Gasteiger partial charge in [-0.2, -0.15) is 5.10 Å². The van der Waals surface area contributed by atoms with Crippen LogP contribution in [-0.2, 0) is 25.7 Å². The maximum absolute atomic E-state index is 15.1. The Bertz CT molecular complexity index is 1460. The molecule has 1 amide bonds. The van der Waals surface area contributed by atoms with Crippen LogP contribution in [0.4, 0.5) is 17.6 Å². The van der Waals surface area contributed by atoms with Crippen molar-refractivity contribution in [2.75, 3.05) is 0 Å². The molecule has 35 heavy (non-hydrogen) atoms. The van der Waals surface area contributed by atoms with Gasteiger partial charge in [-0.15, -0.1) is 0 Å². The van der Waals surface area contributed by atoms with Crippen LogP contribution in [0.15, 0.2) is 48.8 Å². The number of hydrogen-bond acceptors (Lipinski definition) is 4. The van der Waals surface area contributed by atoms with E-state index in [9.17, 15) is 18.7 Å². The molecule has 180 valence electrons. The van der Waals surface area contributed by atoms with Crippen LogP contribution in [-0.4, -0.2) is 37.1 Å². The fourth-order valence-electron chi connectivity index (χ4n) is 4.41. The van der Waals surface area contributed by atoms with Gasteiger partial charge in [-0.1, -0.05) is 12.1 Å². The first-order valence-corrected chi connectivity index (χ1v) is 10.8. The van der Waals surface area contributed by atoms with Gasteiger partial charge in [-0.05, 0) is 42.3 Å². The number of nitrogens with zero attached hydrogens (tertiary/aromatic N) is 4. The lowest BCUT2D eigenvalue weighted by Crippen LogP contribution is -2.30. The number of rotatable bonds is 5. The van der Waals surface area contributed by atoms with Crippen LogP contribution in [0.1, 0.15) is 34.1 Å². The summed E-state index contributed by atoms with van der Waals surface area (Å²) in [7, 11) is 1.58. The van der Waals surface area contributed by atoms with Crippen molar-refractivity contribution in [1.29, 1.82) is 0 Å². The number of alkyl halides is 2. The van der Waals surface area contributed by atoms with Crippen molar-refractivity contribution in [3.63, 3.8) is 0 Å². The molecule has 1 atom stereocenters. The van der Waals surface area contributed by atoms with Crippen LogP contribution in [0.5, 0.6) is 0 Å². The Balaban J connectivity index is 1.53. The normalized spacial score (nSPS) is 15.2. The van der Waals surface area contributed by atoms with Crippen LogP contribution < -0.4 is 0 Å². The molecular formula is C25H20F4N4O2. The van der Waals surface area contributed by atoms with Crippen molar-refractivity contribution >= 4 is 16.8 Å². The number of aryl methyl sites for hydroxylation is 1. The van der Waals surface area contributed by atoms with E-state index in [1.54, 1.807) is 25.4 Å². The smallest absolute Gasteiger partial charge is 0.270 e. The minimum Gasteiger partial charge on any atom is -0.379 e. The highest BCUT2D eigenvalue weighted by molar-refractivity contribution is 5.98. The number of benzene rings is 2. The first kappa shape index (κ1) is 23.0. The summed E-state index contributed by atoms with van der Waals surface area (Å²) >= 11 is 0. The Kier molecular flexibility index (Phi) is 5.36. The zero-order chi connectivity index (χ0) is 25.1. The van der Waals surface area contributed by atoms with Gasteiger partial charge in [0.25, 0.3) is 12.3 Å². The fourth-order valence-corrected chi connectivity index (χ4v) is 4.41. The van der Waals surface area contributed by atoms with E-state index in [2.05, 4.69) is 10.1 Å². The van der Waals surface area contributed by atoms with E-state index in [-0.39, 0.29) is 41.2 Å².